The van der Waals surface area contributed by atoms with Crippen LogP contribution in [0.4, 0.5) is 5.69 Å². The van der Waals surface area contributed by atoms with Gasteiger partial charge in [-0.1, -0.05) is 28.1 Å². The Hall–Kier alpha value is -1.81. The summed E-state index contributed by atoms with van der Waals surface area (Å²) in [7, 11) is 0. The van der Waals surface area contributed by atoms with Crippen molar-refractivity contribution >= 4 is 32.5 Å². The van der Waals surface area contributed by atoms with Gasteiger partial charge in [0.25, 0.3) is 0 Å². The molecule has 1 unspecified atom stereocenters. The highest BCUT2D eigenvalue weighted by atomic mass is 79.9. The van der Waals surface area contributed by atoms with E-state index >= 15 is 0 Å². The van der Waals surface area contributed by atoms with E-state index in [0.29, 0.717) is 0 Å². The Balaban J connectivity index is 1.83. The first kappa shape index (κ1) is 12.2. The summed E-state index contributed by atoms with van der Waals surface area (Å²) >= 11 is 3.50. The van der Waals surface area contributed by atoms with Crippen LogP contribution in [0.1, 0.15) is 18.5 Å². The molecule has 0 aliphatic carbocycles. The third kappa shape index (κ3) is 2.63. The lowest BCUT2D eigenvalue weighted by atomic mass is 10.1. The predicted molar refractivity (Wildman–Crippen MR) is 82.3 cm³/mol. The Morgan fingerprint density at radius 2 is 2.11 bits per heavy atom. The second-order valence-corrected chi connectivity index (χ2v) is 5.51. The van der Waals surface area contributed by atoms with E-state index in [-0.39, 0.29) is 6.04 Å². The van der Waals surface area contributed by atoms with Crippen LogP contribution in [0, 0.1) is 0 Å². The van der Waals surface area contributed by atoms with E-state index in [4.69, 9.17) is 0 Å². The van der Waals surface area contributed by atoms with Gasteiger partial charge in [-0.3, -0.25) is 5.10 Å². The van der Waals surface area contributed by atoms with Crippen LogP contribution in [0.2, 0.25) is 0 Å². The maximum Gasteiger partial charge on any atom is 0.0651 e. The molecule has 2 aromatic carbocycles. The molecule has 3 rings (SSSR count). The number of aromatic nitrogens is 2. The minimum absolute atomic E-state index is 0.252. The first-order chi connectivity index (χ1) is 9.22. The molecule has 0 radical (unpaired) electrons. The van der Waals surface area contributed by atoms with Crippen LogP contribution in [-0.4, -0.2) is 10.2 Å². The van der Waals surface area contributed by atoms with Gasteiger partial charge in [-0.05, 0) is 42.8 Å². The van der Waals surface area contributed by atoms with Gasteiger partial charge in [-0.15, -0.1) is 0 Å². The second-order valence-electron chi connectivity index (χ2n) is 4.59. The molecule has 0 saturated heterocycles. The van der Waals surface area contributed by atoms with Crippen molar-refractivity contribution in [2.24, 2.45) is 0 Å². The second kappa shape index (κ2) is 5.05. The van der Waals surface area contributed by atoms with Gasteiger partial charge in [0.05, 0.1) is 11.7 Å². The van der Waals surface area contributed by atoms with Gasteiger partial charge < -0.3 is 5.32 Å². The number of hydrogen-bond donors (Lipinski definition) is 2. The highest BCUT2D eigenvalue weighted by Crippen LogP contribution is 2.24. The average molecular weight is 316 g/mol. The van der Waals surface area contributed by atoms with Crippen molar-refractivity contribution in [3.8, 4) is 0 Å². The molecule has 0 spiro atoms. The van der Waals surface area contributed by atoms with E-state index in [0.717, 1.165) is 21.1 Å². The van der Waals surface area contributed by atoms with Crippen molar-refractivity contribution in [3.05, 3.63) is 58.7 Å². The fourth-order valence-electron chi connectivity index (χ4n) is 2.14. The van der Waals surface area contributed by atoms with Gasteiger partial charge in [0.15, 0.2) is 0 Å². The largest absolute Gasteiger partial charge is 0.379 e. The Bertz CT molecular complexity index is 705. The summed E-state index contributed by atoms with van der Waals surface area (Å²) in [5, 5.41) is 11.6. The van der Waals surface area contributed by atoms with Crippen LogP contribution in [0.25, 0.3) is 10.9 Å². The molecule has 0 aliphatic rings. The van der Waals surface area contributed by atoms with Gasteiger partial charge in [0, 0.05) is 21.6 Å². The Morgan fingerprint density at radius 1 is 1.21 bits per heavy atom. The van der Waals surface area contributed by atoms with Crippen molar-refractivity contribution in [3.63, 3.8) is 0 Å². The normalized spacial score (nSPS) is 12.5. The number of fused-ring (bicyclic) bond motifs is 1. The van der Waals surface area contributed by atoms with E-state index in [2.05, 4.69) is 68.7 Å². The summed E-state index contributed by atoms with van der Waals surface area (Å²) in [5.74, 6) is 0. The maximum atomic E-state index is 4.03. The molecule has 0 amide bonds. The fraction of sp³-hybridized carbons (Fsp3) is 0.133. The quantitative estimate of drug-likeness (QED) is 0.747. The van der Waals surface area contributed by atoms with Crippen LogP contribution < -0.4 is 5.32 Å². The predicted octanol–water partition coefficient (Wildman–Crippen LogP) is 4.50. The number of rotatable bonds is 3. The molecule has 0 fully saturated rings. The third-order valence-corrected chi connectivity index (χ3v) is 3.67. The van der Waals surface area contributed by atoms with Crippen LogP contribution in [-0.2, 0) is 0 Å². The number of benzene rings is 2. The smallest absolute Gasteiger partial charge is 0.0651 e. The lowest BCUT2D eigenvalue weighted by molar-refractivity contribution is 0.884. The van der Waals surface area contributed by atoms with Crippen LogP contribution in [0.3, 0.4) is 0 Å². The molecule has 4 heteroatoms. The first-order valence-corrected chi connectivity index (χ1v) is 6.97. The number of anilines is 1. The molecule has 0 aliphatic heterocycles. The highest BCUT2D eigenvalue weighted by molar-refractivity contribution is 9.10. The van der Waals surface area contributed by atoms with E-state index in [1.54, 1.807) is 0 Å². The molecule has 2 N–H and O–H groups in total. The molecule has 3 nitrogen and oxygen atoms in total. The number of nitrogens with one attached hydrogen (secondary N) is 2. The van der Waals surface area contributed by atoms with Gasteiger partial charge in [0.2, 0.25) is 0 Å². The summed E-state index contributed by atoms with van der Waals surface area (Å²) < 4.78 is 1.10. The zero-order valence-electron chi connectivity index (χ0n) is 10.5. The highest BCUT2D eigenvalue weighted by Gasteiger charge is 2.06. The summed E-state index contributed by atoms with van der Waals surface area (Å²) in [4.78, 5) is 0. The average Bonchev–Trinajstić information content (AvgIpc) is 2.86. The lowest BCUT2D eigenvalue weighted by Gasteiger charge is -2.16. The number of aromatic amines is 1. The van der Waals surface area contributed by atoms with Gasteiger partial charge >= 0.3 is 0 Å². The van der Waals surface area contributed by atoms with E-state index < -0.39 is 0 Å². The molecule has 19 heavy (non-hydrogen) atoms. The Labute approximate surface area is 120 Å². The van der Waals surface area contributed by atoms with Crippen molar-refractivity contribution in [2.75, 3.05) is 5.32 Å². The molecule has 0 bridgehead atoms. The lowest BCUT2D eigenvalue weighted by Crippen LogP contribution is -2.06. The van der Waals surface area contributed by atoms with E-state index in [9.17, 15) is 0 Å². The fourth-order valence-corrected chi connectivity index (χ4v) is 2.56. The van der Waals surface area contributed by atoms with Crippen LogP contribution in [0.5, 0.6) is 0 Å². The zero-order valence-corrected chi connectivity index (χ0v) is 12.1. The number of nitrogens with zero attached hydrogens (tertiary/aromatic N) is 1. The first-order valence-electron chi connectivity index (χ1n) is 6.17. The maximum absolute atomic E-state index is 4.03. The molecular formula is C15H14BrN3. The summed E-state index contributed by atoms with van der Waals surface area (Å²) in [6.07, 6.45) is 1.84. The number of H-pyrrole nitrogens is 1. The zero-order chi connectivity index (χ0) is 13.2. The molecule has 96 valence electrons. The van der Waals surface area contributed by atoms with Gasteiger partial charge in [-0.25, -0.2) is 0 Å². The van der Waals surface area contributed by atoms with Crippen molar-refractivity contribution in [1.29, 1.82) is 0 Å². The summed E-state index contributed by atoms with van der Waals surface area (Å²) in [5.41, 5.74) is 3.41. The van der Waals surface area contributed by atoms with E-state index in [1.165, 1.54) is 5.56 Å². The summed E-state index contributed by atoms with van der Waals surface area (Å²) in [6, 6.07) is 14.8. The number of hydrogen-bond acceptors (Lipinski definition) is 2. The van der Waals surface area contributed by atoms with Crippen molar-refractivity contribution in [1.82, 2.24) is 10.2 Å². The third-order valence-electron chi connectivity index (χ3n) is 3.17. The topological polar surface area (TPSA) is 40.7 Å². The standard InChI is InChI=1S/C15H14BrN3/c1-10(11-3-2-4-13(16)7-11)18-14-5-6-15-12(8-14)9-17-19-15/h2-10,18H,1H3,(H,17,19). The van der Waals surface area contributed by atoms with Crippen LogP contribution >= 0.6 is 15.9 Å². The minimum atomic E-state index is 0.252. The molecule has 1 aromatic heterocycles. The monoisotopic (exact) mass is 315 g/mol. The Morgan fingerprint density at radius 3 is 2.95 bits per heavy atom. The molecular weight excluding hydrogens is 302 g/mol. The summed E-state index contributed by atoms with van der Waals surface area (Å²) in [6.45, 7) is 2.15. The van der Waals surface area contributed by atoms with Crippen LogP contribution in [0.15, 0.2) is 53.1 Å². The Kier molecular flexibility index (Phi) is 3.25. The van der Waals surface area contributed by atoms with Gasteiger partial charge in [0.1, 0.15) is 0 Å². The molecule has 0 saturated carbocycles. The SMILES string of the molecule is CC(Nc1ccc2[nH]ncc2c1)c1cccc(Br)c1. The molecule has 1 heterocycles. The minimum Gasteiger partial charge on any atom is -0.379 e. The van der Waals surface area contributed by atoms with Crippen molar-refractivity contribution < 1.29 is 0 Å². The van der Waals surface area contributed by atoms with Gasteiger partial charge in [-0.2, -0.15) is 5.10 Å². The molecule has 1 atom stereocenters. The molecule has 3 aromatic rings. The van der Waals surface area contributed by atoms with Crippen molar-refractivity contribution in [2.45, 2.75) is 13.0 Å². The number of halogens is 1. The van der Waals surface area contributed by atoms with E-state index in [1.807, 2.05) is 18.3 Å².